The van der Waals surface area contributed by atoms with Crippen LogP contribution >= 0.6 is 22.6 Å². The van der Waals surface area contributed by atoms with Gasteiger partial charge in [0.2, 0.25) is 17.7 Å². The molecule has 11 heteroatoms. The summed E-state index contributed by atoms with van der Waals surface area (Å²) in [6.45, 7) is 1.08. The van der Waals surface area contributed by atoms with Gasteiger partial charge in [0.1, 0.15) is 6.04 Å². The first kappa shape index (κ1) is 32.9. The average Bonchev–Trinajstić information content (AvgIpc) is 3.18. The molecule has 1 aliphatic heterocycles. The van der Waals surface area contributed by atoms with Crippen LogP contribution in [-0.4, -0.2) is 73.4 Å². The summed E-state index contributed by atoms with van der Waals surface area (Å²) in [7, 11) is 1.59. The lowest BCUT2D eigenvalue weighted by atomic mass is 9.99. The van der Waals surface area contributed by atoms with Gasteiger partial charge in [-0.05, 0) is 82.0 Å². The highest BCUT2D eigenvalue weighted by Gasteiger charge is 2.37. The van der Waals surface area contributed by atoms with Crippen molar-refractivity contribution in [1.82, 2.24) is 20.9 Å². The zero-order valence-corrected chi connectivity index (χ0v) is 27.0. The van der Waals surface area contributed by atoms with Crippen molar-refractivity contribution in [1.29, 1.82) is 0 Å². The number of carbonyl (C=O) groups excluding carboxylic acids is 3. The number of guanidine groups is 1. The number of likely N-dealkylation sites (N-methyl/N-ethyl adjacent to an activating group) is 1. The Balaban J connectivity index is 1.49. The van der Waals surface area contributed by atoms with Crippen LogP contribution < -0.4 is 27.4 Å². The Morgan fingerprint density at radius 1 is 1.11 bits per heavy atom. The van der Waals surface area contributed by atoms with Crippen molar-refractivity contribution in [2.45, 2.75) is 43.8 Å². The van der Waals surface area contributed by atoms with E-state index in [1.54, 1.807) is 18.0 Å². The molecule has 7 N–H and O–H groups in total. The van der Waals surface area contributed by atoms with Crippen LogP contribution in [0.5, 0.6) is 0 Å². The molecule has 0 saturated carbocycles. The number of hydrogen-bond acceptors (Lipinski definition) is 5. The maximum absolute atomic E-state index is 14.0. The van der Waals surface area contributed by atoms with Gasteiger partial charge in [0.25, 0.3) is 0 Å². The van der Waals surface area contributed by atoms with Crippen molar-refractivity contribution >= 4 is 63.1 Å². The second-order valence-corrected chi connectivity index (χ2v) is 12.1. The van der Waals surface area contributed by atoms with Gasteiger partial charge >= 0.3 is 0 Å². The molecule has 4 rings (SSSR count). The lowest BCUT2D eigenvalue weighted by Crippen LogP contribution is -2.54. The number of halogens is 1. The average molecular weight is 710 g/mol. The maximum Gasteiger partial charge on any atom is 0.244 e. The molecule has 10 nitrogen and oxygen atoms in total. The molecule has 0 aromatic heterocycles. The number of aliphatic imine (C=N–C) groups is 1. The molecule has 0 bridgehead atoms. The Bertz CT molecular complexity index is 1500. The van der Waals surface area contributed by atoms with E-state index < -0.39 is 12.1 Å². The molecule has 1 saturated heterocycles. The first-order valence-corrected chi connectivity index (χ1v) is 15.8. The highest BCUT2D eigenvalue weighted by atomic mass is 127. The van der Waals surface area contributed by atoms with E-state index in [1.807, 2.05) is 60.7 Å². The second-order valence-electron chi connectivity index (χ2n) is 10.8. The van der Waals surface area contributed by atoms with Crippen LogP contribution in [0.2, 0.25) is 0 Å². The third kappa shape index (κ3) is 9.52. The summed E-state index contributed by atoms with van der Waals surface area (Å²) in [6.07, 6.45) is 5.25. The van der Waals surface area contributed by atoms with Crippen LogP contribution in [0.25, 0.3) is 16.8 Å². The molecule has 3 atom stereocenters. The van der Waals surface area contributed by atoms with Gasteiger partial charge in [-0.2, -0.15) is 0 Å². The Hall–Kier alpha value is -3.97. The van der Waals surface area contributed by atoms with Crippen LogP contribution in [0.15, 0.2) is 77.8 Å². The van der Waals surface area contributed by atoms with E-state index in [9.17, 15) is 14.4 Å². The minimum atomic E-state index is -0.694. The number of hydrogen-bond donors (Lipinski definition) is 5. The van der Waals surface area contributed by atoms with E-state index in [0.29, 0.717) is 45.3 Å². The van der Waals surface area contributed by atoms with E-state index in [-0.39, 0.29) is 29.7 Å². The number of nitrogens with two attached hydrogens (primary N) is 2. The normalized spacial score (nSPS) is 17.7. The number of rotatable bonds is 12. The van der Waals surface area contributed by atoms with Crippen molar-refractivity contribution in [2.24, 2.45) is 16.5 Å². The van der Waals surface area contributed by atoms with Gasteiger partial charge in [-0.3, -0.25) is 19.4 Å². The van der Waals surface area contributed by atoms with E-state index in [2.05, 4.69) is 49.6 Å². The minimum Gasteiger partial charge on any atom is -0.370 e. The Labute approximate surface area is 271 Å². The molecule has 3 amide bonds. The molecule has 0 spiro atoms. The van der Waals surface area contributed by atoms with Gasteiger partial charge in [0.15, 0.2) is 5.96 Å². The molecule has 3 aromatic carbocycles. The monoisotopic (exact) mass is 709 g/mol. The lowest BCUT2D eigenvalue weighted by Gasteiger charge is -2.31. The quantitative estimate of drug-likeness (QED) is 0.0641. The molecular weight excluding hydrogens is 669 g/mol. The predicted molar refractivity (Wildman–Crippen MR) is 184 cm³/mol. The summed E-state index contributed by atoms with van der Waals surface area (Å²) < 4.78 is 1.12. The Morgan fingerprint density at radius 2 is 1.86 bits per heavy atom. The fraction of sp³-hybridized carbons (Fsp3) is 0.333. The summed E-state index contributed by atoms with van der Waals surface area (Å²) in [5.74, 6) is -0.600. The summed E-state index contributed by atoms with van der Waals surface area (Å²) in [5.41, 5.74) is 12.9. The molecule has 0 radical (unpaired) electrons. The SMILES string of the molecule is CNC(=O)[C@H](Cc1ccc2ccccc2c1)N1CC[C@H](CNC(=O)/C=C/c2ccc(I)cc2)N[C@@H](CCCN=C(N)N)C1=O. The largest absolute Gasteiger partial charge is 0.370 e. The predicted octanol–water partition coefficient (Wildman–Crippen LogP) is 2.54. The van der Waals surface area contributed by atoms with Gasteiger partial charge < -0.3 is 32.3 Å². The number of amides is 3. The van der Waals surface area contributed by atoms with Crippen molar-refractivity contribution in [3.8, 4) is 0 Å². The number of benzene rings is 3. The molecule has 232 valence electrons. The van der Waals surface area contributed by atoms with E-state index in [1.165, 1.54) is 6.08 Å². The lowest BCUT2D eigenvalue weighted by molar-refractivity contribution is -0.141. The third-order valence-corrected chi connectivity index (χ3v) is 8.39. The zero-order chi connectivity index (χ0) is 31.5. The first-order chi connectivity index (χ1) is 21.2. The Kier molecular flexibility index (Phi) is 12.1. The summed E-state index contributed by atoms with van der Waals surface area (Å²) >= 11 is 2.24. The van der Waals surface area contributed by atoms with E-state index >= 15 is 0 Å². The highest BCUT2D eigenvalue weighted by molar-refractivity contribution is 14.1. The van der Waals surface area contributed by atoms with Crippen LogP contribution in [0, 0.1) is 3.57 Å². The summed E-state index contributed by atoms with van der Waals surface area (Å²) in [4.78, 5) is 45.6. The van der Waals surface area contributed by atoms with Crippen molar-refractivity contribution < 1.29 is 14.4 Å². The number of nitrogens with one attached hydrogen (secondary N) is 3. The smallest absolute Gasteiger partial charge is 0.244 e. The van der Waals surface area contributed by atoms with Crippen molar-refractivity contribution in [3.63, 3.8) is 0 Å². The standard InChI is InChI=1S/C33H40IN7O3/c1-37-31(43)29(20-23-8-12-24-5-2-3-6-25(24)19-23)41-18-16-27(40-28(32(41)44)7-4-17-38-33(35)36)21-39-30(42)15-11-22-9-13-26(34)14-10-22/h2-3,5-6,8-15,19,27-29,40H,4,7,16-18,20-21H2,1H3,(H,37,43)(H,39,42)(H4,35,36,38)/b15-11+/t27-,28+,29+/m1/s1. The number of carbonyl (C=O) groups is 3. The first-order valence-electron chi connectivity index (χ1n) is 14.8. The fourth-order valence-electron chi connectivity index (χ4n) is 5.35. The molecule has 0 unspecified atom stereocenters. The van der Waals surface area contributed by atoms with E-state index in [0.717, 1.165) is 25.5 Å². The van der Waals surface area contributed by atoms with Crippen LogP contribution in [0.4, 0.5) is 0 Å². The van der Waals surface area contributed by atoms with Crippen molar-refractivity contribution in [2.75, 3.05) is 26.7 Å². The molecule has 0 aliphatic carbocycles. The zero-order valence-electron chi connectivity index (χ0n) is 24.8. The van der Waals surface area contributed by atoms with E-state index in [4.69, 9.17) is 11.5 Å². The van der Waals surface area contributed by atoms with Crippen LogP contribution in [-0.2, 0) is 20.8 Å². The molecule has 1 heterocycles. The summed E-state index contributed by atoms with van der Waals surface area (Å²) in [5, 5.41) is 11.4. The van der Waals surface area contributed by atoms with Crippen molar-refractivity contribution in [3.05, 3.63) is 87.5 Å². The Morgan fingerprint density at radius 3 is 2.59 bits per heavy atom. The molecule has 1 fully saturated rings. The number of fused-ring (bicyclic) bond motifs is 1. The molecule has 1 aliphatic rings. The van der Waals surface area contributed by atoms with Gasteiger partial charge in [0.05, 0.1) is 6.04 Å². The topological polar surface area (TPSA) is 155 Å². The van der Waals surface area contributed by atoms with Gasteiger partial charge in [-0.1, -0.05) is 54.6 Å². The highest BCUT2D eigenvalue weighted by Crippen LogP contribution is 2.21. The molecule has 3 aromatic rings. The van der Waals surface area contributed by atoms with Gasteiger partial charge in [-0.25, -0.2) is 0 Å². The second kappa shape index (κ2) is 16.2. The van der Waals surface area contributed by atoms with Crippen LogP contribution in [0.1, 0.15) is 30.4 Å². The molecule has 44 heavy (non-hydrogen) atoms. The number of nitrogens with zero attached hydrogens (tertiary/aromatic N) is 2. The summed E-state index contributed by atoms with van der Waals surface area (Å²) in [6, 6.07) is 20.6. The fourth-order valence-corrected chi connectivity index (χ4v) is 5.71. The third-order valence-electron chi connectivity index (χ3n) is 7.67. The maximum atomic E-state index is 14.0. The molecular formula is C33H40IN7O3. The van der Waals surface area contributed by atoms with Gasteiger partial charge in [0, 0.05) is 48.8 Å². The van der Waals surface area contributed by atoms with Gasteiger partial charge in [-0.15, -0.1) is 0 Å². The minimum absolute atomic E-state index is 0.000672. The van der Waals surface area contributed by atoms with Crippen LogP contribution in [0.3, 0.4) is 0 Å².